The molecule has 3 N–H and O–H groups in total. The first-order chi connectivity index (χ1) is 8.63. The molecule has 1 aromatic carbocycles. The average molecular weight is 325 g/mol. The highest BCUT2D eigenvalue weighted by molar-refractivity contribution is 9.10. The molecular formula is C14H17BrN2S. The minimum atomic E-state index is 0.154. The standard InChI is InChI=1S/C14H17BrN2S/c1-9-4-3-5-10(2)14(9)12(17-16)8-13-11(15)6-7-18-13/h3-7,12,17H,8,16H2,1-2H3. The van der Waals surface area contributed by atoms with E-state index in [2.05, 4.69) is 64.8 Å². The van der Waals surface area contributed by atoms with Crippen molar-refractivity contribution in [1.82, 2.24) is 5.43 Å². The lowest BCUT2D eigenvalue weighted by atomic mass is 9.94. The van der Waals surface area contributed by atoms with Gasteiger partial charge < -0.3 is 0 Å². The molecule has 96 valence electrons. The smallest absolute Gasteiger partial charge is 0.0513 e. The number of rotatable bonds is 4. The van der Waals surface area contributed by atoms with Crippen molar-refractivity contribution in [2.45, 2.75) is 26.3 Å². The molecule has 1 unspecified atom stereocenters. The van der Waals surface area contributed by atoms with Gasteiger partial charge in [0.2, 0.25) is 0 Å². The van der Waals surface area contributed by atoms with Gasteiger partial charge in [0.25, 0.3) is 0 Å². The molecule has 0 aliphatic rings. The average Bonchev–Trinajstić information content (AvgIpc) is 2.73. The number of benzene rings is 1. The van der Waals surface area contributed by atoms with Crippen molar-refractivity contribution in [1.29, 1.82) is 0 Å². The van der Waals surface area contributed by atoms with Gasteiger partial charge in [0.05, 0.1) is 6.04 Å². The summed E-state index contributed by atoms with van der Waals surface area (Å²) in [7, 11) is 0. The molecule has 2 rings (SSSR count). The Hall–Kier alpha value is -0.680. The van der Waals surface area contributed by atoms with Crippen molar-refractivity contribution >= 4 is 27.3 Å². The van der Waals surface area contributed by atoms with Gasteiger partial charge in [-0.1, -0.05) is 18.2 Å². The third kappa shape index (κ3) is 2.83. The van der Waals surface area contributed by atoms with Gasteiger partial charge in [0.1, 0.15) is 0 Å². The molecule has 1 aromatic heterocycles. The fourth-order valence-electron chi connectivity index (χ4n) is 2.28. The van der Waals surface area contributed by atoms with Gasteiger partial charge in [0.15, 0.2) is 0 Å². The Morgan fingerprint density at radius 2 is 1.94 bits per heavy atom. The topological polar surface area (TPSA) is 38.0 Å². The third-order valence-corrected chi connectivity index (χ3v) is 5.12. The number of hydrogen-bond acceptors (Lipinski definition) is 3. The van der Waals surface area contributed by atoms with E-state index in [-0.39, 0.29) is 6.04 Å². The zero-order chi connectivity index (χ0) is 13.1. The van der Waals surface area contributed by atoms with E-state index in [1.54, 1.807) is 11.3 Å². The zero-order valence-electron chi connectivity index (χ0n) is 10.5. The number of halogens is 1. The van der Waals surface area contributed by atoms with Crippen molar-refractivity contribution in [3.05, 3.63) is 55.7 Å². The van der Waals surface area contributed by atoms with Crippen molar-refractivity contribution in [3.63, 3.8) is 0 Å². The highest BCUT2D eigenvalue weighted by Crippen LogP contribution is 2.30. The van der Waals surface area contributed by atoms with Gasteiger partial charge in [0, 0.05) is 15.8 Å². The molecule has 4 heteroatoms. The summed E-state index contributed by atoms with van der Waals surface area (Å²) >= 11 is 5.33. The van der Waals surface area contributed by atoms with Crippen LogP contribution >= 0.6 is 27.3 Å². The van der Waals surface area contributed by atoms with Gasteiger partial charge in [-0.25, -0.2) is 0 Å². The minimum Gasteiger partial charge on any atom is -0.271 e. The molecule has 0 saturated carbocycles. The molecule has 0 aliphatic heterocycles. The lowest BCUT2D eigenvalue weighted by Gasteiger charge is -2.20. The van der Waals surface area contributed by atoms with Crippen molar-refractivity contribution in [2.75, 3.05) is 0 Å². The fourth-order valence-corrected chi connectivity index (χ4v) is 3.84. The molecule has 0 aliphatic carbocycles. The lowest BCUT2D eigenvalue weighted by molar-refractivity contribution is 0.549. The maximum absolute atomic E-state index is 5.75. The monoisotopic (exact) mass is 324 g/mol. The van der Waals surface area contributed by atoms with Crippen LogP contribution in [0.25, 0.3) is 0 Å². The maximum Gasteiger partial charge on any atom is 0.0513 e. The number of thiophene rings is 1. The van der Waals surface area contributed by atoms with Crippen molar-refractivity contribution in [2.24, 2.45) is 5.84 Å². The first kappa shape index (κ1) is 13.7. The summed E-state index contributed by atoms with van der Waals surface area (Å²) in [5.74, 6) is 5.75. The van der Waals surface area contributed by atoms with Crippen LogP contribution in [0.1, 0.15) is 27.6 Å². The Labute approximate surface area is 120 Å². The minimum absolute atomic E-state index is 0.154. The highest BCUT2D eigenvalue weighted by atomic mass is 79.9. The van der Waals surface area contributed by atoms with E-state index in [9.17, 15) is 0 Å². The molecule has 1 atom stereocenters. The molecule has 0 bridgehead atoms. The van der Waals surface area contributed by atoms with Gasteiger partial charge in [-0.05, 0) is 57.9 Å². The van der Waals surface area contributed by atoms with Crippen LogP contribution < -0.4 is 11.3 Å². The second-order valence-electron chi connectivity index (χ2n) is 4.42. The van der Waals surface area contributed by atoms with Crippen LogP contribution in [-0.4, -0.2) is 0 Å². The first-order valence-corrected chi connectivity index (χ1v) is 7.55. The number of aryl methyl sites for hydroxylation is 2. The molecule has 2 nitrogen and oxygen atoms in total. The molecule has 1 heterocycles. The van der Waals surface area contributed by atoms with Gasteiger partial charge >= 0.3 is 0 Å². The van der Waals surface area contributed by atoms with Crippen LogP contribution in [0.15, 0.2) is 34.1 Å². The fraction of sp³-hybridized carbons (Fsp3) is 0.286. The highest BCUT2D eigenvalue weighted by Gasteiger charge is 2.17. The Kier molecular flexibility index (Phi) is 4.56. The summed E-state index contributed by atoms with van der Waals surface area (Å²) < 4.78 is 1.17. The van der Waals surface area contributed by atoms with E-state index in [1.807, 2.05) is 0 Å². The lowest BCUT2D eigenvalue weighted by Crippen LogP contribution is -2.30. The molecule has 18 heavy (non-hydrogen) atoms. The summed E-state index contributed by atoms with van der Waals surface area (Å²) in [5.41, 5.74) is 6.82. The van der Waals surface area contributed by atoms with Crippen LogP contribution in [0.2, 0.25) is 0 Å². The van der Waals surface area contributed by atoms with Crippen LogP contribution in [0.5, 0.6) is 0 Å². The number of nitrogens with one attached hydrogen (secondary N) is 1. The van der Waals surface area contributed by atoms with E-state index >= 15 is 0 Å². The number of hydrazine groups is 1. The number of hydrogen-bond donors (Lipinski definition) is 2. The first-order valence-electron chi connectivity index (χ1n) is 5.87. The van der Waals surface area contributed by atoms with Crippen LogP contribution in [0.4, 0.5) is 0 Å². The van der Waals surface area contributed by atoms with E-state index in [0.717, 1.165) is 6.42 Å². The summed E-state index contributed by atoms with van der Waals surface area (Å²) in [4.78, 5) is 1.32. The normalized spacial score (nSPS) is 12.7. The predicted molar refractivity (Wildman–Crippen MR) is 81.7 cm³/mol. The Bertz CT molecular complexity index is 516. The summed E-state index contributed by atoms with van der Waals surface area (Å²) in [6.07, 6.45) is 0.903. The summed E-state index contributed by atoms with van der Waals surface area (Å²) in [5, 5.41) is 2.09. The molecule has 0 spiro atoms. The molecule has 0 radical (unpaired) electrons. The molecule has 0 amide bonds. The number of nitrogens with two attached hydrogens (primary N) is 1. The summed E-state index contributed by atoms with van der Waals surface area (Å²) in [6.45, 7) is 4.27. The Morgan fingerprint density at radius 3 is 2.44 bits per heavy atom. The van der Waals surface area contributed by atoms with E-state index in [0.29, 0.717) is 0 Å². The second kappa shape index (κ2) is 5.97. The zero-order valence-corrected chi connectivity index (χ0v) is 12.9. The van der Waals surface area contributed by atoms with Crippen LogP contribution in [0, 0.1) is 13.8 Å². The second-order valence-corrected chi connectivity index (χ2v) is 6.28. The summed E-state index contributed by atoms with van der Waals surface area (Å²) in [6, 6.07) is 8.59. The van der Waals surface area contributed by atoms with E-state index in [1.165, 1.54) is 26.0 Å². The third-order valence-electron chi connectivity index (χ3n) is 3.17. The SMILES string of the molecule is Cc1cccc(C)c1C(Cc1sccc1Br)NN. The predicted octanol–water partition coefficient (Wildman–Crippen LogP) is 3.87. The quantitative estimate of drug-likeness (QED) is 0.661. The maximum atomic E-state index is 5.75. The van der Waals surface area contributed by atoms with Gasteiger partial charge in [-0.3, -0.25) is 11.3 Å². The van der Waals surface area contributed by atoms with Gasteiger partial charge in [-0.15, -0.1) is 11.3 Å². The van der Waals surface area contributed by atoms with Crippen molar-refractivity contribution in [3.8, 4) is 0 Å². The molecule has 0 fully saturated rings. The van der Waals surface area contributed by atoms with Gasteiger partial charge in [-0.2, -0.15) is 0 Å². The molecular weight excluding hydrogens is 308 g/mol. The largest absolute Gasteiger partial charge is 0.271 e. The van der Waals surface area contributed by atoms with E-state index < -0.39 is 0 Å². The van der Waals surface area contributed by atoms with Crippen LogP contribution in [0.3, 0.4) is 0 Å². The van der Waals surface area contributed by atoms with E-state index in [4.69, 9.17) is 5.84 Å². The van der Waals surface area contributed by atoms with Crippen molar-refractivity contribution < 1.29 is 0 Å². The molecule has 2 aromatic rings. The molecule has 0 saturated heterocycles. The van der Waals surface area contributed by atoms with Crippen LogP contribution in [-0.2, 0) is 6.42 Å². The Morgan fingerprint density at radius 1 is 1.28 bits per heavy atom. The Balaban J connectivity index is 2.32.